The van der Waals surface area contributed by atoms with Gasteiger partial charge in [-0.05, 0) is 98.2 Å². The Morgan fingerprint density at radius 2 is 1.12 bits per heavy atom. The number of amides is 17. The lowest BCUT2D eigenvalue weighted by atomic mass is 9.99. The third kappa shape index (κ3) is 29.5. The fraction of sp³-hybridized carbons (Fsp3) is 0.538. The molecule has 17 amide bonds. The minimum absolute atomic E-state index is 0.00228. The first-order valence-corrected chi connectivity index (χ1v) is 47.3. The van der Waals surface area contributed by atoms with Crippen molar-refractivity contribution in [2.75, 3.05) is 58.8 Å². The molecule has 9 rings (SSSR count). The summed E-state index contributed by atoms with van der Waals surface area (Å²) in [6.45, 7) is 9.52. The van der Waals surface area contributed by atoms with Crippen LogP contribution in [-0.2, 0) is 119 Å². The zero-order chi connectivity index (χ0) is 100. The quantitative estimate of drug-likeness (QED) is 0.0290. The minimum atomic E-state index is -1.77. The first kappa shape index (κ1) is 107. The number of likely N-dealkylation sites (N-methyl/N-ethyl adjacent to an activating group) is 3. The fourth-order valence-electron chi connectivity index (χ4n) is 17.2. The molecule has 44 heteroatoms. The monoisotopic (exact) mass is 1920 g/mol. The minimum Gasteiger partial charge on any atom is -0.508 e. The molecule has 3 aliphatic rings. The number of aliphatic carboxylic acids is 1. The first-order valence-electron chi connectivity index (χ1n) is 46.1. The zero-order valence-electron chi connectivity index (χ0n) is 78.8. The predicted octanol–water partition coefficient (Wildman–Crippen LogP) is -1.62. The summed E-state index contributed by atoms with van der Waals surface area (Å²) in [7, 11) is 3.92. The van der Waals surface area contributed by atoms with Crippen molar-refractivity contribution in [2.45, 2.75) is 248 Å². The van der Waals surface area contributed by atoms with Gasteiger partial charge in [0, 0.05) is 125 Å². The molecular formula is C93H130N22O21S. The summed E-state index contributed by atoms with van der Waals surface area (Å²) in [6.07, 6.45) is 3.52. The van der Waals surface area contributed by atoms with Gasteiger partial charge in [0.05, 0.1) is 31.1 Å². The van der Waals surface area contributed by atoms with Gasteiger partial charge in [-0.25, -0.2) is 4.98 Å². The van der Waals surface area contributed by atoms with E-state index in [1.807, 2.05) is 13.8 Å². The number of unbranched alkanes of at least 4 members (excludes halogenated alkanes) is 2. The van der Waals surface area contributed by atoms with Crippen molar-refractivity contribution in [3.8, 4) is 5.75 Å². The number of rotatable bonds is 26. The molecule has 137 heavy (non-hydrogen) atoms. The van der Waals surface area contributed by atoms with Crippen LogP contribution in [0.3, 0.4) is 0 Å². The SMILES string of the molecule is CCCC[C@H]1C(=O)N(C)[C@@H](CCCC)C(=O)N[C@@H](CC(C)C)C(=O)N[C@H](C(=O)NCC(N)=O)CSCC(=O)N[C@@H](Cc2ccc(O)cc2)C(=O)N(C)[C@@H](C)C(=O)N[C@H](CC(N)=O)C(=O)N2CCC[C@H]2C(=O)N[C@@H](CN)C(=O)N[C@@H](CC(C)C)C(=O)N2C[C@H](O)C[C@H]2C(=O)N[C@@H](Cc2c[nH]c3ccccc23)C(=O)N[C@@H](Cc2cnc[nH]2)C(=O)N[C@@H](Cc2cn(CC(=O)O)c3ccccc23)C(=O)N1C. The number of H-pyrrole nitrogens is 2. The maximum absolute atomic E-state index is 16.1. The third-order valence-electron chi connectivity index (χ3n) is 24.6. The summed E-state index contributed by atoms with van der Waals surface area (Å²) in [5.74, 6) is -18.9. The van der Waals surface area contributed by atoms with E-state index in [0.717, 1.165) is 31.4 Å². The number of hydrogen-bond acceptors (Lipinski definition) is 23. The Bertz CT molecular complexity index is 5320. The normalized spacial score (nSPS) is 24.7. The number of carbonyl (C=O) groups excluding carboxylic acids is 17. The summed E-state index contributed by atoms with van der Waals surface area (Å²) < 4.78 is 1.44. The number of carboxylic acids is 1. The highest BCUT2D eigenvalue weighted by Gasteiger charge is 2.47. The van der Waals surface area contributed by atoms with Gasteiger partial charge in [0.2, 0.25) is 100 Å². The van der Waals surface area contributed by atoms with Crippen LogP contribution in [-0.4, -0.2) is 315 Å². The van der Waals surface area contributed by atoms with Crippen LogP contribution in [0, 0.1) is 11.8 Å². The van der Waals surface area contributed by atoms with Gasteiger partial charge in [0.25, 0.3) is 0 Å². The number of imidazole rings is 1. The Morgan fingerprint density at radius 3 is 1.76 bits per heavy atom. The standard InChI is InChI=1S/C93H130N22O21S/c1-11-13-23-72-86(129)103-62(32-50(3)4)82(125)109-70(81(124)99-43-77(96)119)47-137-48-78(120)101-66(34-53-27-29-57(116)30-28-53)89(132)110(8)52(7)80(123)105-68(39-76(95)118)91(134)114-31-19-26-73(114)87(130)108-69(40-94)85(128)106-65(33-51(5)6)92(135)115-45-58(117)38-75(115)88(131)104-63(35-54-41-98-61-22-17-15-20-59(54)61)83(126)102-64(37-56-42-97-49-100-56)84(127)107-67(90(133)112(10)74(24-14-12-2)93(136)111(72)9)36-55-44-113(46-79(121)122)71-25-18-16-21-60(55)71/h15-18,20-22,25,27-30,41-42,44,49-52,58,62-70,72-75,98,116-117H,11-14,19,23-24,26,31-40,43,45-48,94H2,1-10H3,(H2,95,118)(H2,96,119)(H,97,100)(H,99,124)(H,101,120)(H,102,126)(H,103,129)(H,104,131)(H,105,123)(H,106,128)(H,107,127)(H,108,130)(H,109,125)(H,121,122)/t52-,58+,62-,63-,64-,65-,66-,67-,68+,69-,70-,72-,73-,74-,75-/m0/s1. The molecule has 6 heterocycles. The van der Waals surface area contributed by atoms with E-state index in [9.17, 15) is 68.1 Å². The van der Waals surface area contributed by atoms with E-state index in [-0.39, 0.29) is 94.0 Å². The smallest absolute Gasteiger partial charge is 0.323 e. The van der Waals surface area contributed by atoms with Gasteiger partial charge in [-0.2, -0.15) is 0 Å². The number of aromatic amines is 2. The number of benzene rings is 3. The second kappa shape index (κ2) is 50.3. The van der Waals surface area contributed by atoms with E-state index in [2.05, 4.69) is 68.1 Å². The molecular weight excluding hydrogens is 1790 g/mol. The number of para-hydroxylation sites is 2. The van der Waals surface area contributed by atoms with E-state index in [0.29, 0.717) is 64.2 Å². The number of fused-ring (bicyclic) bond motifs is 4. The molecule has 3 aliphatic heterocycles. The number of hydrogen-bond donors (Lipinski definition) is 18. The molecule has 0 spiro atoms. The number of nitrogens with two attached hydrogens (primary N) is 3. The Kier molecular flexibility index (Phi) is 39.4. The molecule has 3 aromatic heterocycles. The number of nitrogens with zero attached hydrogens (tertiary/aromatic N) is 7. The van der Waals surface area contributed by atoms with E-state index in [4.69, 9.17) is 17.2 Å². The Labute approximate surface area is 797 Å². The van der Waals surface area contributed by atoms with Crippen LogP contribution in [0.5, 0.6) is 5.75 Å². The topological polar surface area (TPSA) is 632 Å². The number of primary amides is 2. The van der Waals surface area contributed by atoms with E-state index < -0.39 is 248 Å². The largest absolute Gasteiger partial charge is 0.508 e. The summed E-state index contributed by atoms with van der Waals surface area (Å²) in [5, 5.41) is 59.7. The lowest BCUT2D eigenvalue weighted by Crippen LogP contribution is -2.62. The number of carboxylic acid groups (broad SMARTS) is 1. The van der Waals surface area contributed by atoms with Crippen molar-refractivity contribution in [2.24, 2.45) is 29.0 Å². The van der Waals surface area contributed by atoms with E-state index in [1.54, 1.807) is 82.4 Å². The molecule has 0 bridgehead atoms. The molecule has 0 radical (unpaired) electrons. The lowest BCUT2D eigenvalue weighted by molar-refractivity contribution is -0.149. The van der Waals surface area contributed by atoms with Crippen LogP contribution in [0.15, 0.2) is 97.7 Å². The summed E-state index contributed by atoms with van der Waals surface area (Å²) in [5.41, 5.74) is 20.0. The van der Waals surface area contributed by atoms with Gasteiger partial charge >= 0.3 is 5.97 Å². The van der Waals surface area contributed by atoms with Crippen LogP contribution in [0.25, 0.3) is 21.8 Å². The van der Waals surface area contributed by atoms with E-state index in [1.165, 1.54) is 80.5 Å². The third-order valence-corrected chi connectivity index (χ3v) is 25.6. The Balaban J connectivity index is 1.12. The molecule has 6 aromatic rings. The number of aromatic nitrogens is 4. The fourth-order valence-corrected chi connectivity index (χ4v) is 18.1. The maximum Gasteiger partial charge on any atom is 0.323 e. The van der Waals surface area contributed by atoms with Gasteiger partial charge in [-0.1, -0.05) is 116 Å². The van der Waals surface area contributed by atoms with Gasteiger partial charge in [-0.15, -0.1) is 11.8 Å². The number of aliphatic hydroxyl groups excluding tert-OH is 1. The molecule has 3 fully saturated rings. The second-order valence-corrected chi connectivity index (χ2v) is 37.0. The van der Waals surface area contributed by atoms with Crippen molar-refractivity contribution >= 4 is 140 Å². The molecule has 21 N–H and O–H groups in total. The molecule has 43 nitrogen and oxygen atoms in total. The van der Waals surface area contributed by atoms with Crippen LogP contribution < -0.4 is 70.4 Å². The number of phenols is 1. The maximum atomic E-state index is 16.1. The van der Waals surface area contributed by atoms with Crippen LogP contribution in [0.4, 0.5) is 0 Å². The van der Waals surface area contributed by atoms with Gasteiger partial charge in [0.1, 0.15) is 96.9 Å². The molecule has 0 unspecified atom stereocenters. The van der Waals surface area contributed by atoms with Gasteiger partial charge in [-0.3, -0.25) is 86.3 Å². The van der Waals surface area contributed by atoms with Crippen molar-refractivity contribution in [3.63, 3.8) is 0 Å². The highest BCUT2D eigenvalue weighted by atomic mass is 32.2. The van der Waals surface area contributed by atoms with Gasteiger partial charge < -0.3 is 125 Å². The zero-order valence-corrected chi connectivity index (χ0v) is 79.6. The number of carbonyl (C=O) groups is 18. The summed E-state index contributed by atoms with van der Waals surface area (Å²) in [4.78, 5) is 279. The van der Waals surface area contributed by atoms with Gasteiger partial charge in [0.15, 0.2) is 0 Å². The van der Waals surface area contributed by atoms with Crippen LogP contribution >= 0.6 is 11.8 Å². The molecule has 0 saturated carbocycles. The number of nitrogens with one attached hydrogen (secondary N) is 12. The molecule has 15 atom stereocenters. The number of aliphatic hydroxyl groups is 1. The second-order valence-electron chi connectivity index (χ2n) is 36.0. The van der Waals surface area contributed by atoms with Crippen molar-refractivity contribution in [3.05, 3.63) is 120 Å². The van der Waals surface area contributed by atoms with Crippen molar-refractivity contribution in [1.82, 2.24) is 97.2 Å². The number of aromatic hydroxyl groups is 1. The van der Waals surface area contributed by atoms with E-state index >= 15 is 33.6 Å². The molecule has 744 valence electrons. The average Bonchev–Trinajstić information content (AvgIpc) is 1.54. The Morgan fingerprint density at radius 1 is 0.562 bits per heavy atom. The van der Waals surface area contributed by atoms with Crippen LogP contribution in [0.2, 0.25) is 0 Å². The molecule has 3 saturated heterocycles. The van der Waals surface area contributed by atoms with Crippen molar-refractivity contribution < 1.29 is 102 Å². The Hall–Kier alpha value is -13.5. The number of phenolic OH excluding ortho intramolecular Hbond substituents is 1. The number of thioether (sulfide) groups is 1. The highest BCUT2D eigenvalue weighted by molar-refractivity contribution is 8.00. The summed E-state index contributed by atoms with van der Waals surface area (Å²) in [6, 6.07) is -2.29. The lowest BCUT2D eigenvalue weighted by Gasteiger charge is -2.36. The summed E-state index contributed by atoms with van der Waals surface area (Å²) >= 11 is 0.785. The average molecular weight is 1920 g/mol. The first-order chi connectivity index (χ1) is 65.1. The van der Waals surface area contributed by atoms with Crippen LogP contribution in [0.1, 0.15) is 148 Å². The highest BCUT2D eigenvalue weighted by Crippen LogP contribution is 2.29. The molecule has 0 aliphatic carbocycles. The molecule has 3 aromatic carbocycles. The predicted molar refractivity (Wildman–Crippen MR) is 503 cm³/mol. The van der Waals surface area contributed by atoms with Crippen molar-refractivity contribution in [1.29, 1.82) is 0 Å².